The summed E-state index contributed by atoms with van der Waals surface area (Å²) < 4.78 is 18.3. The van der Waals surface area contributed by atoms with Gasteiger partial charge >= 0.3 is 0 Å². The van der Waals surface area contributed by atoms with Crippen LogP contribution in [0.5, 0.6) is 5.75 Å². The number of thioether (sulfide) groups is 1. The predicted octanol–water partition coefficient (Wildman–Crippen LogP) is 3.13. The Morgan fingerprint density at radius 1 is 1.25 bits per heavy atom. The molecule has 5 heteroatoms. The summed E-state index contributed by atoms with van der Waals surface area (Å²) in [5.41, 5.74) is 3.82. The Bertz CT molecular complexity index is 565. The van der Waals surface area contributed by atoms with E-state index in [1.165, 1.54) is 12.1 Å². The van der Waals surface area contributed by atoms with E-state index >= 15 is 0 Å². The first kappa shape index (κ1) is 14.8. The number of benzene rings is 2. The third kappa shape index (κ3) is 3.96. The third-order valence-corrected chi connectivity index (χ3v) is 4.00. The Morgan fingerprint density at radius 2 is 2.05 bits per heavy atom. The lowest BCUT2D eigenvalue weighted by Crippen LogP contribution is -2.29. The van der Waals surface area contributed by atoms with Gasteiger partial charge in [0.2, 0.25) is 0 Å². The van der Waals surface area contributed by atoms with Gasteiger partial charge in [0.05, 0.1) is 13.2 Å². The molecule has 1 unspecified atom stereocenters. The van der Waals surface area contributed by atoms with E-state index in [0.29, 0.717) is 5.75 Å². The average molecular weight is 292 g/mol. The van der Waals surface area contributed by atoms with Gasteiger partial charge < -0.3 is 4.74 Å². The molecule has 20 heavy (non-hydrogen) atoms. The monoisotopic (exact) mass is 292 g/mol. The van der Waals surface area contributed by atoms with E-state index < -0.39 is 0 Å². The van der Waals surface area contributed by atoms with Crippen molar-refractivity contribution in [2.45, 2.75) is 10.9 Å². The van der Waals surface area contributed by atoms with Gasteiger partial charge in [0.15, 0.2) is 0 Å². The molecule has 106 valence electrons. The van der Waals surface area contributed by atoms with Crippen LogP contribution in [-0.2, 0) is 0 Å². The minimum absolute atomic E-state index is 0.0293. The van der Waals surface area contributed by atoms with Crippen LogP contribution in [0.4, 0.5) is 4.39 Å². The first-order valence-corrected chi connectivity index (χ1v) is 7.20. The van der Waals surface area contributed by atoms with Crippen LogP contribution in [0.1, 0.15) is 11.6 Å². The molecule has 0 radical (unpaired) electrons. The van der Waals surface area contributed by atoms with Crippen molar-refractivity contribution >= 4 is 11.8 Å². The van der Waals surface area contributed by atoms with Crippen molar-refractivity contribution in [1.82, 2.24) is 5.43 Å². The summed E-state index contributed by atoms with van der Waals surface area (Å²) in [4.78, 5) is 0.883. The molecule has 0 saturated heterocycles. The van der Waals surface area contributed by atoms with E-state index in [0.717, 1.165) is 16.2 Å². The first-order chi connectivity index (χ1) is 9.72. The fraction of sp³-hybridized carbons (Fsp3) is 0.200. The van der Waals surface area contributed by atoms with E-state index in [1.807, 2.05) is 30.3 Å². The Balaban J connectivity index is 2.05. The fourth-order valence-corrected chi connectivity index (χ4v) is 2.85. The standard InChI is InChI=1S/C15H17FN2OS/c1-19-13-6-2-4-11(8-13)15(18-17)10-20-14-7-3-5-12(16)9-14/h2-9,15,18H,10,17H2,1H3. The second kappa shape index (κ2) is 7.28. The van der Waals surface area contributed by atoms with Crippen LogP contribution in [0, 0.1) is 5.82 Å². The molecule has 2 rings (SSSR count). The highest BCUT2D eigenvalue weighted by molar-refractivity contribution is 7.99. The van der Waals surface area contributed by atoms with Crippen molar-refractivity contribution in [3.05, 3.63) is 59.9 Å². The van der Waals surface area contributed by atoms with E-state index in [-0.39, 0.29) is 11.9 Å². The summed E-state index contributed by atoms with van der Waals surface area (Å²) in [7, 11) is 1.63. The van der Waals surface area contributed by atoms with Gasteiger partial charge in [-0.25, -0.2) is 4.39 Å². The molecule has 0 bridgehead atoms. The average Bonchev–Trinajstić information content (AvgIpc) is 2.48. The zero-order chi connectivity index (χ0) is 14.4. The number of rotatable bonds is 6. The van der Waals surface area contributed by atoms with Crippen LogP contribution in [0.3, 0.4) is 0 Å². The molecule has 0 saturated carbocycles. The molecule has 2 aromatic rings. The molecule has 0 spiro atoms. The third-order valence-electron chi connectivity index (χ3n) is 2.91. The van der Waals surface area contributed by atoms with Crippen molar-refractivity contribution in [2.24, 2.45) is 5.84 Å². The van der Waals surface area contributed by atoms with Gasteiger partial charge in [0.1, 0.15) is 11.6 Å². The molecule has 3 N–H and O–H groups in total. The number of ether oxygens (including phenoxy) is 1. The molecule has 1 atom stereocenters. The van der Waals surface area contributed by atoms with Crippen LogP contribution in [0.25, 0.3) is 0 Å². The fourth-order valence-electron chi connectivity index (χ4n) is 1.84. The summed E-state index contributed by atoms with van der Waals surface area (Å²) in [5, 5.41) is 0. The number of nitrogens with one attached hydrogen (secondary N) is 1. The van der Waals surface area contributed by atoms with Crippen LogP contribution in [0.2, 0.25) is 0 Å². The lowest BCUT2D eigenvalue weighted by Gasteiger charge is -2.16. The number of hydrogen-bond acceptors (Lipinski definition) is 4. The molecular formula is C15H17FN2OS. The SMILES string of the molecule is COc1cccc(C(CSc2cccc(F)c2)NN)c1. The summed E-state index contributed by atoms with van der Waals surface area (Å²) in [5.74, 6) is 6.88. The number of halogens is 1. The first-order valence-electron chi connectivity index (χ1n) is 6.21. The normalized spacial score (nSPS) is 12.2. The van der Waals surface area contributed by atoms with Crippen LogP contribution >= 0.6 is 11.8 Å². The van der Waals surface area contributed by atoms with Crippen molar-refractivity contribution < 1.29 is 9.13 Å². The summed E-state index contributed by atoms with van der Waals surface area (Å²) in [6.45, 7) is 0. The van der Waals surface area contributed by atoms with Gasteiger partial charge in [0, 0.05) is 10.6 Å². The lowest BCUT2D eigenvalue weighted by molar-refractivity contribution is 0.413. The zero-order valence-corrected chi connectivity index (χ0v) is 12.0. The number of nitrogens with two attached hydrogens (primary N) is 1. The van der Waals surface area contributed by atoms with Crippen molar-refractivity contribution in [3.63, 3.8) is 0 Å². The highest BCUT2D eigenvalue weighted by atomic mass is 32.2. The smallest absolute Gasteiger partial charge is 0.124 e. The highest BCUT2D eigenvalue weighted by Gasteiger charge is 2.11. The molecule has 0 amide bonds. The van der Waals surface area contributed by atoms with Gasteiger partial charge in [-0.2, -0.15) is 0 Å². The Kier molecular flexibility index (Phi) is 5.40. The van der Waals surface area contributed by atoms with Gasteiger partial charge in [-0.15, -0.1) is 11.8 Å². The maximum atomic E-state index is 13.1. The predicted molar refractivity (Wildman–Crippen MR) is 80.2 cm³/mol. The maximum Gasteiger partial charge on any atom is 0.124 e. The number of hydrazine groups is 1. The largest absolute Gasteiger partial charge is 0.497 e. The molecule has 0 aliphatic rings. The summed E-state index contributed by atoms with van der Waals surface area (Å²) in [6.07, 6.45) is 0. The Morgan fingerprint density at radius 3 is 2.75 bits per heavy atom. The lowest BCUT2D eigenvalue weighted by atomic mass is 10.1. The van der Waals surface area contributed by atoms with Crippen molar-refractivity contribution in [2.75, 3.05) is 12.9 Å². The minimum atomic E-state index is -0.228. The van der Waals surface area contributed by atoms with Crippen molar-refractivity contribution in [1.29, 1.82) is 0 Å². The second-order valence-electron chi connectivity index (χ2n) is 4.26. The Labute approximate surface area is 122 Å². The molecular weight excluding hydrogens is 275 g/mol. The minimum Gasteiger partial charge on any atom is -0.497 e. The van der Waals surface area contributed by atoms with Gasteiger partial charge in [-0.05, 0) is 35.9 Å². The molecule has 3 nitrogen and oxygen atoms in total. The zero-order valence-electron chi connectivity index (χ0n) is 11.2. The van der Waals surface area contributed by atoms with Crippen molar-refractivity contribution in [3.8, 4) is 5.75 Å². The molecule has 0 heterocycles. The van der Waals surface area contributed by atoms with E-state index in [2.05, 4.69) is 5.43 Å². The molecule has 0 aliphatic carbocycles. The van der Waals surface area contributed by atoms with Gasteiger partial charge in [-0.3, -0.25) is 11.3 Å². The van der Waals surface area contributed by atoms with Crippen LogP contribution in [0.15, 0.2) is 53.4 Å². The summed E-state index contributed by atoms with van der Waals surface area (Å²) >= 11 is 1.55. The van der Waals surface area contributed by atoms with E-state index in [4.69, 9.17) is 10.6 Å². The van der Waals surface area contributed by atoms with Gasteiger partial charge in [0.25, 0.3) is 0 Å². The second-order valence-corrected chi connectivity index (χ2v) is 5.36. The van der Waals surface area contributed by atoms with Crippen LogP contribution < -0.4 is 16.0 Å². The molecule has 0 aromatic heterocycles. The highest BCUT2D eigenvalue weighted by Crippen LogP contribution is 2.26. The molecule has 0 aliphatic heterocycles. The Hall–Kier alpha value is -1.56. The topological polar surface area (TPSA) is 47.3 Å². The number of methoxy groups -OCH3 is 1. The van der Waals surface area contributed by atoms with E-state index in [9.17, 15) is 4.39 Å². The quantitative estimate of drug-likeness (QED) is 0.488. The molecule has 2 aromatic carbocycles. The molecule has 0 fully saturated rings. The van der Waals surface area contributed by atoms with E-state index in [1.54, 1.807) is 24.9 Å². The summed E-state index contributed by atoms with van der Waals surface area (Å²) in [6, 6.07) is 14.2. The van der Waals surface area contributed by atoms with Gasteiger partial charge in [-0.1, -0.05) is 18.2 Å². The maximum absolute atomic E-state index is 13.1. The van der Waals surface area contributed by atoms with Crippen LogP contribution in [-0.4, -0.2) is 12.9 Å². The number of hydrogen-bond donors (Lipinski definition) is 2.